The summed E-state index contributed by atoms with van der Waals surface area (Å²) in [6.45, 7) is 1.92. The van der Waals surface area contributed by atoms with E-state index < -0.39 is 0 Å². The average molecular weight is 312 g/mol. The molecular formula is C20H28N2O. The quantitative estimate of drug-likeness (QED) is 0.878. The highest BCUT2D eigenvalue weighted by atomic mass is 16.5. The van der Waals surface area contributed by atoms with Gasteiger partial charge in [0.25, 0.3) is 0 Å². The molecular weight excluding hydrogens is 284 g/mol. The molecule has 1 heterocycles. The van der Waals surface area contributed by atoms with E-state index in [-0.39, 0.29) is 7.43 Å². The predicted octanol–water partition coefficient (Wildman–Crippen LogP) is 3.91. The fourth-order valence-corrected chi connectivity index (χ4v) is 3.21. The van der Waals surface area contributed by atoms with Gasteiger partial charge in [-0.3, -0.25) is 0 Å². The summed E-state index contributed by atoms with van der Waals surface area (Å²) in [5, 5.41) is 7.38. The Morgan fingerprint density at radius 3 is 2.61 bits per heavy atom. The molecule has 0 amide bonds. The van der Waals surface area contributed by atoms with Crippen molar-refractivity contribution in [2.45, 2.75) is 38.9 Å². The monoisotopic (exact) mass is 312 g/mol. The zero-order chi connectivity index (χ0) is 15.2. The van der Waals surface area contributed by atoms with Crippen molar-refractivity contribution >= 4 is 0 Å². The summed E-state index contributed by atoms with van der Waals surface area (Å²) < 4.78 is 5.44. The van der Waals surface area contributed by atoms with Gasteiger partial charge in [0.1, 0.15) is 5.75 Å². The summed E-state index contributed by atoms with van der Waals surface area (Å²) in [7, 11) is 1.73. The highest BCUT2D eigenvalue weighted by Crippen LogP contribution is 2.25. The Morgan fingerprint density at radius 1 is 1.09 bits per heavy atom. The van der Waals surface area contributed by atoms with E-state index in [0.29, 0.717) is 12.1 Å². The van der Waals surface area contributed by atoms with Crippen LogP contribution >= 0.6 is 0 Å². The first kappa shape index (κ1) is 17.5. The predicted molar refractivity (Wildman–Crippen MR) is 96.8 cm³/mol. The van der Waals surface area contributed by atoms with Crippen molar-refractivity contribution < 1.29 is 4.74 Å². The molecule has 0 aromatic heterocycles. The van der Waals surface area contributed by atoms with Crippen LogP contribution < -0.4 is 15.4 Å². The molecule has 0 aliphatic carbocycles. The van der Waals surface area contributed by atoms with Crippen LogP contribution in [0.25, 0.3) is 0 Å². The molecule has 0 spiro atoms. The van der Waals surface area contributed by atoms with Gasteiger partial charge in [-0.15, -0.1) is 0 Å². The van der Waals surface area contributed by atoms with E-state index in [9.17, 15) is 0 Å². The standard InChI is InChI=1S/C19H24N2O.CH4/c1-22-18-12-6-5-10-16(18)14-21-17-11-7-13-20-19(17)15-8-3-2-4-9-15;/h2-6,8-10,12,17,19-21H,7,11,13-14H2,1H3;1H4. The van der Waals surface area contributed by atoms with Crippen molar-refractivity contribution in [1.29, 1.82) is 0 Å². The molecule has 0 radical (unpaired) electrons. The molecule has 23 heavy (non-hydrogen) atoms. The van der Waals surface area contributed by atoms with Crippen molar-refractivity contribution in [1.82, 2.24) is 10.6 Å². The number of benzene rings is 2. The van der Waals surface area contributed by atoms with E-state index >= 15 is 0 Å². The van der Waals surface area contributed by atoms with E-state index in [2.05, 4.69) is 53.1 Å². The summed E-state index contributed by atoms with van der Waals surface area (Å²) >= 11 is 0. The Hall–Kier alpha value is -1.84. The molecule has 1 fully saturated rings. The highest BCUT2D eigenvalue weighted by molar-refractivity contribution is 5.33. The van der Waals surface area contributed by atoms with Gasteiger partial charge in [-0.25, -0.2) is 0 Å². The maximum absolute atomic E-state index is 5.44. The Labute approximate surface area is 140 Å². The topological polar surface area (TPSA) is 33.3 Å². The van der Waals surface area contributed by atoms with Gasteiger partial charge in [-0.1, -0.05) is 56.0 Å². The average Bonchev–Trinajstić information content (AvgIpc) is 2.61. The van der Waals surface area contributed by atoms with Crippen molar-refractivity contribution in [2.75, 3.05) is 13.7 Å². The van der Waals surface area contributed by atoms with Gasteiger partial charge in [0.2, 0.25) is 0 Å². The summed E-state index contributed by atoms with van der Waals surface area (Å²) in [5.41, 5.74) is 2.57. The van der Waals surface area contributed by atoms with Crippen LogP contribution in [0.15, 0.2) is 54.6 Å². The second kappa shape index (κ2) is 8.70. The number of ether oxygens (including phenoxy) is 1. The first-order valence-corrected chi connectivity index (χ1v) is 8.02. The number of hydrogen-bond acceptors (Lipinski definition) is 3. The second-order valence-corrected chi connectivity index (χ2v) is 5.78. The van der Waals surface area contributed by atoms with Crippen LogP contribution in [0.3, 0.4) is 0 Å². The third-order valence-electron chi connectivity index (χ3n) is 4.36. The molecule has 2 N–H and O–H groups in total. The Morgan fingerprint density at radius 2 is 1.83 bits per heavy atom. The molecule has 2 aromatic rings. The third-order valence-corrected chi connectivity index (χ3v) is 4.36. The van der Waals surface area contributed by atoms with Crippen molar-refractivity contribution in [3.8, 4) is 5.75 Å². The summed E-state index contributed by atoms with van der Waals surface area (Å²) in [6, 6.07) is 19.8. The molecule has 2 atom stereocenters. The Kier molecular flexibility index (Phi) is 6.63. The zero-order valence-electron chi connectivity index (χ0n) is 13.1. The van der Waals surface area contributed by atoms with Gasteiger partial charge in [0, 0.05) is 24.2 Å². The van der Waals surface area contributed by atoms with Gasteiger partial charge in [0.15, 0.2) is 0 Å². The normalized spacial score (nSPS) is 20.6. The largest absolute Gasteiger partial charge is 0.496 e. The molecule has 1 aliphatic heterocycles. The Balaban J connectivity index is 0.00000192. The zero-order valence-corrected chi connectivity index (χ0v) is 13.1. The number of rotatable bonds is 5. The third kappa shape index (κ3) is 4.34. The van der Waals surface area contributed by atoms with Crippen LogP contribution in [0.4, 0.5) is 0 Å². The minimum Gasteiger partial charge on any atom is -0.496 e. The minimum absolute atomic E-state index is 0. The lowest BCUT2D eigenvalue weighted by Crippen LogP contribution is -2.45. The van der Waals surface area contributed by atoms with E-state index in [1.807, 2.05) is 12.1 Å². The molecule has 3 nitrogen and oxygen atoms in total. The van der Waals surface area contributed by atoms with Crippen molar-refractivity contribution in [2.24, 2.45) is 0 Å². The molecule has 0 bridgehead atoms. The minimum atomic E-state index is 0. The van der Waals surface area contributed by atoms with Crippen molar-refractivity contribution in [3.05, 3.63) is 65.7 Å². The lowest BCUT2D eigenvalue weighted by atomic mass is 9.92. The van der Waals surface area contributed by atoms with Crippen LogP contribution in [-0.2, 0) is 6.54 Å². The van der Waals surface area contributed by atoms with Crippen LogP contribution in [0.1, 0.15) is 37.4 Å². The second-order valence-electron chi connectivity index (χ2n) is 5.78. The fraction of sp³-hybridized carbons (Fsp3) is 0.400. The SMILES string of the molecule is C.COc1ccccc1CNC1CCCNC1c1ccccc1. The van der Waals surface area contributed by atoms with Gasteiger partial charge in [0.05, 0.1) is 7.11 Å². The fourth-order valence-electron chi connectivity index (χ4n) is 3.21. The summed E-state index contributed by atoms with van der Waals surface area (Å²) in [6.07, 6.45) is 2.41. The van der Waals surface area contributed by atoms with Crippen LogP contribution in [0.2, 0.25) is 0 Å². The van der Waals surface area contributed by atoms with Gasteiger partial charge in [-0.05, 0) is 31.0 Å². The van der Waals surface area contributed by atoms with Gasteiger partial charge >= 0.3 is 0 Å². The van der Waals surface area contributed by atoms with E-state index in [1.54, 1.807) is 7.11 Å². The molecule has 124 valence electrons. The van der Waals surface area contributed by atoms with Crippen LogP contribution in [-0.4, -0.2) is 19.7 Å². The van der Waals surface area contributed by atoms with Crippen molar-refractivity contribution in [3.63, 3.8) is 0 Å². The van der Waals surface area contributed by atoms with E-state index in [0.717, 1.165) is 18.8 Å². The molecule has 3 rings (SSSR count). The number of hydrogen-bond donors (Lipinski definition) is 2. The first-order valence-electron chi connectivity index (χ1n) is 8.02. The molecule has 2 unspecified atom stereocenters. The van der Waals surface area contributed by atoms with Crippen LogP contribution in [0.5, 0.6) is 5.75 Å². The van der Waals surface area contributed by atoms with Gasteiger partial charge < -0.3 is 15.4 Å². The first-order chi connectivity index (χ1) is 10.9. The smallest absolute Gasteiger partial charge is 0.123 e. The maximum atomic E-state index is 5.44. The lowest BCUT2D eigenvalue weighted by Gasteiger charge is -2.34. The molecule has 3 heteroatoms. The molecule has 1 aliphatic rings. The maximum Gasteiger partial charge on any atom is 0.123 e. The Bertz CT molecular complexity index is 585. The number of piperidine rings is 1. The van der Waals surface area contributed by atoms with E-state index in [4.69, 9.17) is 4.74 Å². The summed E-state index contributed by atoms with van der Waals surface area (Å²) in [5.74, 6) is 0.954. The molecule has 2 aromatic carbocycles. The highest BCUT2D eigenvalue weighted by Gasteiger charge is 2.25. The lowest BCUT2D eigenvalue weighted by molar-refractivity contribution is 0.303. The summed E-state index contributed by atoms with van der Waals surface area (Å²) in [4.78, 5) is 0. The van der Waals surface area contributed by atoms with Crippen LogP contribution in [0, 0.1) is 0 Å². The van der Waals surface area contributed by atoms with E-state index in [1.165, 1.54) is 24.0 Å². The number of para-hydroxylation sites is 1. The van der Waals surface area contributed by atoms with Gasteiger partial charge in [-0.2, -0.15) is 0 Å². The number of methoxy groups -OCH3 is 1. The number of nitrogens with one attached hydrogen (secondary N) is 2. The molecule has 0 saturated carbocycles. The molecule has 1 saturated heterocycles.